The third-order valence-corrected chi connectivity index (χ3v) is 4.71. The van der Waals surface area contributed by atoms with Crippen LogP contribution in [0.5, 0.6) is 0 Å². The molecule has 5 nitrogen and oxygen atoms in total. The van der Waals surface area contributed by atoms with E-state index in [1.54, 1.807) is 6.07 Å². The molecule has 116 valence electrons. The minimum atomic E-state index is -0.0187. The molecule has 0 atom stereocenters. The Morgan fingerprint density at radius 3 is 2.52 bits per heavy atom. The molecule has 1 aliphatic carbocycles. The number of hydrogen-bond acceptors (Lipinski definition) is 4. The van der Waals surface area contributed by atoms with Gasteiger partial charge in [0.2, 0.25) is 0 Å². The van der Waals surface area contributed by atoms with Crippen LogP contribution in [0.25, 0.3) is 0 Å². The van der Waals surface area contributed by atoms with Crippen molar-refractivity contribution < 1.29 is 4.79 Å². The van der Waals surface area contributed by atoms with Crippen molar-refractivity contribution in [1.29, 1.82) is 0 Å². The minimum Gasteiger partial charge on any atom is -0.350 e. The lowest BCUT2D eigenvalue weighted by atomic mass is 9.96. The zero-order valence-corrected chi connectivity index (χ0v) is 13.2. The average Bonchev–Trinajstić information content (AvgIpc) is 2.95. The Labute approximate surface area is 126 Å². The van der Waals surface area contributed by atoms with Gasteiger partial charge in [-0.1, -0.05) is 12.8 Å². The minimum absolute atomic E-state index is 0.0187. The zero-order valence-electron chi connectivity index (χ0n) is 13.2. The summed E-state index contributed by atoms with van der Waals surface area (Å²) in [5.41, 5.74) is 5.22. The molecule has 2 rings (SSSR count). The second kappa shape index (κ2) is 6.45. The highest BCUT2D eigenvalue weighted by Gasteiger charge is 2.36. The van der Waals surface area contributed by atoms with Crippen LogP contribution in [0.4, 0.5) is 5.69 Å². The van der Waals surface area contributed by atoms with E-state index in [1.165, 1.54) is 12.8 Å². The number of nitrogens with one attached hydrogen (secondary N) is 2. The zero-order chi connectivity index (χ0) is 15.5. The predicted molar refractivity (Wildman–Crippen MR) is 86.2 cm³/mol. The Morgan fingerprint density at radius 2 is 2.00 bits per heavy atom. The first-order valence-electron chi connectivity index (χ1n) is 7.51. The van der Waals surface area contributed by atoms with Crippen molar-refractivity contribution in [2.24, 2.45) is 5.84 Å². The molecule has 1 fully saturated rings. The second-order valence-electron chi connectivity index (χ2n) is 6.18. The molecule has 0 bridgehead atoms. The maximum Gasteiger partial charge on any atom is 0.251 e. The molecular formula is C16H26N4O. The fourth-order valence-electron chi connectivity index (χ4n) is 3.13. The van der Waals surface area contributed by atoms with Gasteiger partial charge in [-0.2, -0.15) is 0 Å². The summed E-state index contributed by atoms with van der Waals surface area (Å²) >= 11 is 0. The number of hydrogen-bond donors (Lipinski definition) is 3. The Hall–Kier alpha value is -1.59. The molecular weight excluding hydrogens is 264 g/mol. The van der Waals surface area contributed by atoms with Crippen molar-refractivity contribution >= 4 is 11.6 Å². The van der Waals surface area contributed by atoms with Crippen LogP contribution in [-0.4, -0.2) is 37.0 Å². The number of carbonyl (C=O) groups excluding carboxylic acids is 1. The Bertz CT molecular complexity index is 507. The van der Waals surface area contributed by atoms with Crippen molar-refractivity contribution in [3.63, 3.8) is 0 Å². The number of likely N-dealkylation sites (N-methyl/N-ethyl adjacent to an activating group) is 1. The highest BCUT2D eigenvalue weighted by atomic mass is 16.1. The molecule has 0 aliphatic heterocycles. The van der Waals surface area contributed by atoms with Crippen LogP contribution < -0.4 is 16.6 Å². The SMILES string of the molecule is Cc1cc(C(=O)NCC2(N(C)C)CCCC2)ccc1NN. The number of nitrogen functional groups attached to an aromatic ring is 1. The fourth-order valence-corrected chi connectivity index (χ4v) is 3.13. The summed E-state index contributed by atoms with van der Waals surface area (Å²) in [6.45, 7) is 2.64. The second-order valence-corrected chi connectivity index (χ2v) is 6.18. The van der Waals surface area contributed by atoms with E-state index in [0.717, 1.165) is 24.1 Å². The summed E-state index contributed by atoms with van der Waals surface area (Å²) in [6.07, 6.45) is 4.78. The van der Waals surface area contributed by atoms with Gasteiger partial charge in [-0.05, 0) is 57.6 Å². The molecule has 1 amide bonds. The molecule has 21 heavy (non-hydrogen) atoms. The number of nitrogens with two attached hydrogens (primary N) is 1. The van der Waals surface area contributed by atoms with Crippen LogP contribution in [-0.2, 0) is 0 Å². The van der Waals surface area contributed by atoms with Gasteiger partial charge in [-0.3, -0.25) is 10.6 Å². The Balaban J connectivity index is 2.03. The molecule has 0 saturated heterocycles. The van der Waals surface area contributed by atoms with Crippen LogP contribution >= 0.6 is 0 Å². The number of rotatable bonds is 5. The Kier molecular flexibility index (Phi) is 4.85. The van der Waals surface area contributed by atoms with Crippen LogP contribution in [0.2, 0.25) is 0 Å². The van der Waals surface area contributed by atoms with E-state index in [4.69, 9.17) is 5.84 Å². The van der Waals surface area contributed by atoms with Crippen LogP contribution in [0.3, 0.4) is 0 Å². The quantitative estimate of drug-likeness (QED) is 0.572. The Morgan fingerprint density at radius 1 is 1.33 bits per heavy atom. The number of amides is 1. The van der Waals surface area contributed by atoms with E-state index in [9.17, 15) is 4.79 Å². The summed E-state index contributed by atoms with van der Waals surface area (Å²) < 4.78 is 0. The number of nitrogens with zero attached hydrogens (tertiary/aromatic N) is 1. The molecule has 0 spiro atoms. The lowest BCUT2D eigenvalue weighted by Gasteiger charge is -2.36. The molecule has 1 saturated carbocycles. The van der Waals surface area contributed by atoms with Crippen molar-refractivity contribution in [3.05, 3.63) is 29.3 Å². The van der Waals surface area contributed by atoms with Gasteiger partial charge in [-0.25, -0.2) is 0 Å². The van der Waals surface area contributed by atoms with Crippen molar-refractivity contribution in [3.8, 4) is 0 Å². The number of aryl methyl sites for hydroxylation is 1. The van der Waals surface area contributed by atoms with E-state index in [1.807, 2.05) is 19.1 Å². The maximum atomic E-state index is 12.3. The number of carbonyl (C=O) groups is 1. The average molecular weight is 290 g/mol. The summed E-state index contributed by atoms with van der Waals surface area (Å²) in [4.78, 5) is 14.6. The van der Waals surface area contributed by atoms with Gasteiger partial charge >= 0.3 is 0 Å². The van der Waals surface area contributed by atoms with E-state index in [2.05, 4.69) is 29.7 Å². The molecule has 1 aromatic carbocycles. The lowest BCUT2D eigenvalue weighted by Crippen LogP contribution is -2.50. The van der Waals surface area contributed by atoms with E-state index >= 15 is 0 Å². The normalized spacial score (nSPS) is 17.0. The van der Waals surface area contributed by atoms with Crippen molar-refractivity contribution in [2.75, 3.05) is 26.1 Å². The first-order chi connectivity index (χ1) is 9.98. The van der Waals surface area contributed by atoms with Crippen LogP contribution in [0.15, 0.2) is 18.2 Å². The van der Waals surface area contributed by atoms with Crippen LogP contribution in [0.1, 0.15) is 41.6 Å². The van der Waals surface area contributed by atoms with Crippen molar-refractivity contribution in [1.82, 2.24) is 10.2 Å². The largest absolute Gasteiger partial charge is 0.350 e. The van der Waals surface area contributed by atoms with Gasteiger partial charge in [0, 0.05) is 17.6 Å². The number of hydrazine groups is 1. The highest BCUT2D eigenvalue weighted by molar-refractivity contribution is 5.94. The summed E-state index contributed by atoms with van der Waals surface area (Å²) in [7, 11) is 4.20. The van der Waals surface area contributed by atoms with Crippen molar-refractivity contribution in [2.45, 2.75) is 38.1 Å². The third-order valence-electron chi connectivity index (χ3n) is 4.71. The lowest BCUT2D eigenvalue weighted by molar-refractivity contribution is 0.0900. The first-order valence-corrected chi connectivity index (χ1v) is 7.51. The molecule has 0 unspecified atom stereocenters. The molecule has 4 N–H and O–H groups in total. The van der Waals surface area contributed by atoms with Gasteiger partial charge < -0.3 is 15.6 Å². The summed E-state index contributed by atoms with van der Waals surface area (Å²) in [5.74, 6) is 5.39. The van der Waals surface area contributed by atoms with Gasteiger partial charge in [0.25, 0.3) is 5.91 Å². The standard InChI is InChI=1S/C16H26N4O/c1-12-10-13(6-7-14(12)19-17)15(21)18-11-16(20(2)3)8-4-5-9-16/h6-7,10,19H,4-5,8-9,11,17H2,1-3H3,(H,18,21). The molecule has 1 aromatic rings. The number of benzene rings is 1. The van der Waals surface area contributed by atoms with Gasteiger partial charge in [0.05, 0.1) is 5.69 Å². The summed E-state index contributed by atoms with van der Waals surface area (Å²) in [5, 5.41) is 3.10. The fraction of sp³-hybridized carbons (Fsp3) is 0.562. The highest BCUT2D eigenvalue weighted by Crippen LogP contribution is 2.33. The topological polar surface area (TPSA) is 70.4 Å². The van der Waals surface area contributed by atoms with E-state index < -0.39 is 0 Å². The number of anilines is 1. The van der Waals surface area contributed by atoms with Crippen LogP contribution in [0, 0.1) is 6.92 Å². The maximum absolute atomic E-state index is 12.3. The third kappa shape index (κ3) is 3.36. The van der Waals surface area contributed by atoms with Gasteiger partial charge in [-0.15, -0.1) is 0 Å². The van der Waals surface area contributed by atoms with Gasteiger partial charge in [0.15, 0.2) is 0 Å². The van der Waals surface area contributed by atoms with E-state index in [0.29, 0.717) is 12.1 Å². The monoisotopic (exact) mass is 290 g/mol. The molecule has 0 aromatic heterocycles. The predicted octanol–water partition coefficient (Wildman–Crippen LogP) is 1.88. The van der Waals surface area contributed by atoms with E-state index in [-0.39, 0.29) is 11.4 Å². The smallest absolute Gasteiger partial charge is 0.251 e. The first kappa shape index (κ1) is 15.8. The molecule has 0 heterocycles. The molecule has 5 heteroatoms. The molecule has 0 radical (unpaired) electrons. The summed E-state index contributed by atoms with van der Waals surface area (Å²) in [6, 6.07) is 5.50. The van der Waals surface area contributed by atoms with Gasteiger partial charge in [0.1, 0.15) is 0 Å². The molecule has 1 aliphatic rings.